The van der Waals surface area contributed by atoms with E-state index >= 15 is 0 Å². The van der Waals surface area contributed by atoms with E-state index in [1.807, 2.05) is 0 Å². The topological polar surface area (TPSA) is 237 Å². The molecule has 0 fully saturated rings. The fraction of sp³-hybridized carbons (Fsp3) is 0.951. The largest absolute Gasteiger partial charge is 0.472 e. The van der Waals surface area contributed by atoms with E-state index in [4.69, 9.17) is 37.0 Å². The molecule has 3 N–H and O–H groups in total. The monoisotopic (exact) mass is 1470 g/mol. The smallest absolute Gasteiger partial charge is 0.462 e. The first kappa shape index (κ1) is 98.1. The molecule has 0 aliphatic carbocycles. The number of phosphoric ester groups is 2. The first-order valence-corrected chi connectivity index (χ1v) is 44.9. The van der Waals surface area contributed by atoms with Gasteiger partial charge in [0.05, 0.1) is 26.4 Å². The summed E-state index contributed by atoms with van der Waals surface area (Å²) >= 11 is 0. The summed E-state index contributed by atoms with van der Waals surface area (Å²) in [4.78, 5) is 73.0. The van der Waals surface area contributed by atoms with Gasteiger partial charge in [-0.15, -0.1) is 0 Å². The normalized spacial score (nSPS) is 14.2. The Kier molecular flexibility index (Phi) is 69.9. The lowest BCUT2D eigenvalue weighted by atomic mass is 9.99. The summed E-state index contributed by atoms with van der Waals surface area (Å²) < 4.78 is 68.7. The molecule has 6 atom stereocenters. The predicted molar refractivity (Wildman–Crippen MR) is 409 cm³/mol. The SMILES string of the molecule is CCCCCCCCCCCCCCC(=O)OC[C@H](COP(=O)(O)OC[C@H](O)COP(=O)(O)OC[C@@H](COC(=O)CCCCCCCCCCCCCCC(C)C)OC(=O)CCCCCCCCCCCCCCCCCCCCC(C)C)OC(=O)CCCCCCCCCCC(C)CC. The van der Waals surface area contributed by atoms with E-state index in [9.17, 15) is 43.2 Å². The Morgan fingerprint density at radius 2 is 0.510 bits per heavy atom. The van der Waals surface area contributed by atoms with E-state index in [2.05, 4.69) is 48.5 Å². The van der Waals surface area contributed by atoms with Crippen LogP contribution in [0.1, 0.15) is 421 Å². The minimum Gasteiger partial charge on any atom is -0.462 e. The van der Waals surface area contributed by atoms with Crippen LogP contribution in [0.2, 0.25) is 0 Å². The van der Waals surface area contributed by atoms with Crippen molar-refractivity contribution in [2.45, 2.75) is 439 Å². The molecule has 0 saturated carbocycles. The van der Waals surface area contributed by atoms with Gasteiger partial charge in [0.2, 0.25) is 0 Å². The van der Waals surface area contributed by atoms with E-state index in [0.717, 1.165) is 108 Å². The average Bonchev–Trinajstić information content (AvgIpc) is 0.914. The van der Waals surface area contributed by atoms with Crippen molar-refractivity contribution >= 4 is 39.5 Å². The van der Waals surface area contributed by atoms with Crippen LogP contribution in [0, 0.1) is 17.8 Å². The standard InChI is InChI=1S/C81H158O17P2/c1-8-10-11-12-13-14-15-28-33-41-48-55-62-78(83)92-69-77(98-81(86)65-58-51-44-37-36-40-47-54-61-74(7)9-2)71-96-100(89,90)94-67-75(82)66-93-99(87,88)95-70-76(68-91-79(84)63-56-49-42-34-29-25-24-27-32-39-46-53-60-73(5)6)97-80(85)64-57-50-43-35-30-23-21-19-17-16-18-20-22-26-31-38-45-52-59-72(3)4/h72-77,82H,8-71H2,1-7H3,(H,87,88)(H,89,90)/t74?,75-,76-,77-/m1/s1. The Labute approximate surface area is 613 Å². The van der Waals surface area contributed by atoms with Gasteiger partial charge >= 0.3 is 39.5 Å². The lowest BCUT2D eigenvalue weighted by molar-refractivity contribution is -0.161. The second-order valence-corrected chi connectivity index (χ2v) is 33.3. The highest BCUT2D eigenvalue weighted by Gasteiger charge is 2.30. The van der Waals surface area contributed by atoms with Crippen LogP contribution < -0.4 is 0 Å². The molecule has 0 spiro atoms. The van der Waals surface area contributed by atoms with Gasteiger partial charge in [-0.25, -0.2) is 9.13 Å². The molecular formula is C81H158O17P2. The lowest BCUT2D eigenvalue weighted by Gasteiger charge is -2.21. The number of carbonyl (C=O) groups is 4. The second kappa shape index (κ2) is 71.3. The summed E-state index contributed by atoms with van der Waals surface area (Å²) in [5.41, 5.74) is 0. The van der Waals surface area contributed by atoms with Gasteiger partial charge in [-0.1, -0.05) is 370 Å². The minimum absolute atomic E-state index is 0.105. The first-order chi connectivity index (χ1) is 48.3. The number of aliphatic hydroxyl groups excluding tert-OH is 1. The first-order valence-electron chi connectivity index (χ1n) is 41.9. The third-order valence-electron chi connectivity index (χ3n) is 19.2. The zero-order chi connectivity index (χ0) is 73.7. The van der Waals surface area contributed by atoms with E-state index in [1.165, 1.54) is 231 Å². The summed E-state index contributed by atoms with van der Waals surface area (Å²) in [6.45, 7) is 12.0. The number of rotatable bonds is 79. The third kappa shape index (κ3) is 73.0. The van der Waals surface area contributed by atoms with Crippen molar-refractivity contribution in [2.75, 3.05) is 39.6 Å². The van der Waals surface area contributed by atoms with Crippen LogP contribution in [0.4, 0.5) is 0 Å². The van der Waals surface area contributed by atoms with Gasteiger partial charge in [-0.3, -0.25) is 37.3 Å². The number of carbonyl (C=O) groups excluding carboxylic acids is 4. The molecule has 0 rings (SSSR count). The van der Waals surface area contributed by atoms with Crippen molar-refractivity contribution in [3.05, 3.63) is 0 Å². The van der Waals surface area contributed by atoms with Crippen molar-refractivity contribution in [3.8, 4) is 0 Å². The third-order valence-corrected chi connectivity index (χ3v) is 21.1. The maximum Gasteiger partial charge on any atom is 0.472 e. The molecule has 0 bridgehead atoms. The molecule has 100 heavy (non-hydrogen) atoms. The van der Waals surface area contributed by atoms with Crippen molar-refractivity contribution in [2.24, 2.45) is 17.8 Å². The van der Waals surface area contributed by atoms with Gasteiger partial charge in [0.15, 0.2) is 12.2 Å². The molecule has 0 heterocycles. The highest BCUT2D eigenvalue weighted by Crippen LogP contribution is 2.45. The van der Waals surface area contributed by atoms with E-state index in [1.54, 1.807) is 0 Å². The molecule has 594 valence electrons. The summed E-state index contributed by atoms with van der Waals surface area (Å²) in [6, 6.07) is 0. The molecule has 0 aromatic rings. The fourth-order valence-electron chi connectivity index (χ4n) is 12.5. The van der Waals surface area contributed by atoms with Gasteiger partial charge in [0.1, 0.15) is 19.3 Å². The van der Waals surface area contributed by atoms with Crippen LogP contribution >= 0.6 is 15.6 Å². The molecule has 0 radical (unpaired) electrons. The van der Waals surface area contributed by atoms with Gasteiger partial charge in [-0.05, 0) is 43.4 Å². The zero-order valence-electron chi connectivity index (χ0n) is 65.7. The number of phosphoric acid groups is 2. The number of esters is 4. The molecule has 0 aliphatic heterocycles. The number of aliphatic hydroxyl groups is 1. The maximum absolute atomic E-state index is 13.1. The van der Waals surface area contributed by atoms with Crippen LogP contribution in [-0.4, -0.2) is 96.7 Å². The molecule has 0 aliphatic rings. The Morgan fingerprint density at radius 3 is 0.760 bits per heavy atom. The van der Waals surface area contributed by atoms with Crippen molar-refractivity contribution in [3.63, 3.8) is 0 Å². The van der Waals surface area contributed by atoms with Crippen LogP contribution in [-0.2, 0) is 65.4 Å². The fourth-order valence-corrected chi connectivity index (χ4v) is 14.0. The molecule has 0 amide bonds. The Bertz CT molecular complexity index is 1940. The van der Waals surface area contributed by atoms with Crippen LogP contribution in [0.15, 0.2) is 0 Å². The summed E-state index contributed by atoms with van der Waals surface area (Å²) in [7, 11) is -9.92. The number of unbranched alkanes of at least 4 members (excludes halogenated alkanes) is 46. The minimum atomic E-state index is -4.96. The Hall–Kier alpha value is -1.94. The molecule has 17 nitrogen and oxygen atoms in total. The maximum atomic E-state index is 13.1. The molecule has 0 aromatic carbocycles. The summed E-state index contributed by atoms with van der Waals surface area (Å²) in [6.07, 6.45) is 59.6. The van der Waals surface area contributed by atoms with Gasteiger partial charge in [0, 0.05) is 25.7 Å². The van der Waals surface area contributed by atoms with Crippen LogP contribution in [0.5, 0.6) is 0 Å². The van der Waals surface area contributed by atoms with Crippen molar-refractivity contribution in [1.29, 1.82) is 0 Å². The Morgan fingerprint density at radius 1 is 0.290 bits per heavy atom. The Balaban J connectivity index is 5.23. The average molecular weight is 1470 g/mol. The number of hydrogen-bond donors (Lipinski definition) is 3. The van der Waals surface area contributed by atoms with Crippen molar-refractivity contribution < 1.29 is 80.2 Å². The molecule has 19 heteroatoms. The lowest BCUT2D eigenvalue weighted by Crippen LogP contribution is -2.30. The molecule has 0 aromatic heterocycles. The number of hydrogen-bond acceptors (Lipinski definition) is 15. The highest BCUT2D eigenvalue weighted by molar-refractivity contribution is 7.47. The van der Waals surface area contributed by atoms with Gasteiger partial charge in [0.25, 0.3) is 0 Å². The van der Waals surface area contributed by atoms with Crippen LogP contribution in [0.3, 0.4) is 0 Å². The van der Waals surface area contributed by atoms with Crippen molar-refractivity contribution in [1.82, 2.24) is 0 Å². The predicted octanol–water partition coefficient (Wildman–Crippen LogP) is 24.1. The molecule has 3 unspecified atom stereocenters. The van der Waals surface area contributed by atoms with Gasteiger partial charge in [-0.2, -0.15) is 0 Å². The second-order valence-electron chi connectivity index (χ2n) is 30.4. The zero-order valence-corrected chi connectivity index (χ0v) is 67.5. The summed E-state index contributed by atoms with van der Waals surface area (Å²) in [5, 5.41) is 10.6. The summed E-state index contributed by atoms with van der Waals surface area (Å²) in [5.74, 6) is 0.260. The van der Waals surface area contributed by atoms with E-state index < -0.39 is 97.5 Å². The molecule has 0 saturated heterocycles. The van der Waals surface area contributed by atoms with E-state index in [0.29, 0.717) is 25.7 Å². The van der Waals surface area contributed by atoms with Crippen LogP contribution in [0.25, 0.3) is 0 Å². The van der Waals surface area contributed by atoms with E-state index in [-0.39, 0.29) is 25.7 Å². The number of ether oxygens (including phenoxy) is 4. The molecular weight excluding hydrogens is 1310 g/mol. The highest BCUT2D eigenvalue weighted by atomic mass is 31.2. The van der Waals surface area contributed by atoms with Gasteiger partial charge < -0.3 is 33.8 Å². The quantitative estimate of drug-likeness (QED) is 0.0222.